The minimum absolute atomic E-state index is 0. The van der Waals surface area contributed by atoms with Crippen molar-refractivity contribution in [2.75, 3.05) is 32.4 Å². The lowest BCUT2D eigenvalue weighted by Crippen LogP contribution is -2.47. The highest BCUT2D eigenvalue weighted by Gasteiger charge is 2.30. The molecule has 1 aromatic rings. The quantitative estimate of drug-likeness (QED) is 0.761. The van der Waals surface area contributed by atoms with Crippen LogP contribution in [-0.2, 0) is 0 Å². The number of rotatable bonds is 4. The number of nitrogens with zero attached hydrogens (tertiary/aromatic N) is 1. The Morgan fingerprint density at radius 3 is 2.17 bits per heavy atom. The van der Waals surface area contributed by atoms with E-state index >= 15 is 0 Å². The van der Waals surface area contributed by atoms with Gasteiger partial charge in [-0.05, 0) is 42.7 Å². The third-order valence-corrected chi connectivity index (χ3v) is 5.84. The van der Waals surface area contributed by atoms with E-state index in [4.69, 9.17) is 0 Å². The normalized spacial score (nSPS) is 21.1. The lowest BCUT2D eigenvalue weighted by molar-refractivity contribution is 0.103. The molecule has 1 saturated heterocycles. The Morgan fingerprint density at radius 2 is 1.61 bits per heavy atom. The summed E-state index contributed by atoms with van der Waals surface area (Å²) in [5.74, 6) is 0.858. The fourth-order valence-corrected chi connectivity index (χ4v) is 4.40. The van der Waals surface area contributed by atoms with Crippen LogP contribution in [0.15, 0.2) is 29.2 Å². The number of benzene rings is 1. The van der Waals surface area contributed by atoms with Gasteiger partial charge in [0.1, 0.15) is 0 Å². The van der Waals surface area contributed by atoms with Gasteiger partial charge in [0.2, 0.25) is 0 Å². The van der Waals surface area contributed by atoms with E-state index in [1.54, 1.807) is 5.56 Å². The molecule has 0 unspecified atom stereocenters. The zero-order chi connectivity index (χ0) is 14.5. The van der Waals surface area contributed by atoms with Crippen molar-refractivity contribution >= 4 is 36.6 Å². The van der Waals surface area contributed by atoms with E-state index in [2.05, 4.69) is 40.7 Å². The summed E-state index contributed by atoms with van der Waals surface area (Å²) in [5, 5.41) is 3.50. The molecular weight excluding hydrogens is 347 g/mol. The summed E-state index contributed by atoms with van der Waals surface area (Å²) >= 11 is 1.84. The Balaban J connectivity index is 0.00000132. The molecule has 2 aliphatic rings. The number of halogens is 2. The molecule has 23 heavy (non-hydrogen) atoms. The summed E-state index contributed by atoms with van der Waals surface area (Å²) in [6.45, 7) is 4.69. The average molecular weight is 377 g/mol. The van der Waals surface area contributed by atoms with Gasteiger partial charge in [-0.15, -0.1) is 36.6 Å². The van der Waals surface area contributed by atoms with Crippen LogP contribution in [0.1, 0.15) is 43.7 Å². The van der Waals surface area contributed by atoms with Gasteiger partial charge < -0.3 is 5.32 Å². The van der Waals surface area contributed by atoms with Crippen molar-refractivity contribution < 1.29 is 0 Å². The van der Waals surface area contributed by atoms with Crippen molar-refractivity contribution in [1.82, 2.24) is 10.2 Å². The maximum Gasteiger partial charge on any atom is 0.0377 e. The summed E-state index contributed by atoms with van der Waals surface area (Å²) in [5.41, 5.74) is 1.54. The predicted octanol–water partition coefficient (Wildman–Crippen LogP) is 4.78. The number of hydrogen-bond donors (Lipinski definition) is 1. The van der Waals surface area contributed by atoms with Crippen molar-refractivity contribution in [3.63, 3.8) is 0 Å². The van der Waals surface area contributed by atoms with Crippen molar-refractivity contribution in [2.24, 2.45) is 5.92 Å². The van der Waals surface area contributed by atoms with Gasteiger partial charge >= 0.3 is 0 Å². The Bertz CT molecular complexity index is 411. The Morgan fingerprint density at radius 1 is 1.00 bits per heavy atom. The van der Waals surface area contributed by atoms with Gasteiger partial charge in [-0.2, -0.15) is 0 Å². The largest absolute Gasteiger partial charge is 0.314 e. The minimum Gasteiger partial charge on any atom is -0.314 e. The second kappa shape index (κ2) is 10.8. The van der Waals surface area contributed by atoms with E-state index in [1.165, 1.54) is 50.1 Å². The Labute approximate surface area is 158 Å². The smallest absolute Gasteiger partial charge is 0.0377 e. The lowest BCUT2D eigenvalue weighted by atomic mass is 9.80. The fraction of sp³-hybridized carbons (Fsp3) is 0.667. The molecule has 0 spiro atoms. The van der Waals surface area contributed by atoms with Gasteiger partial charge in [0.25, 0.3) is 0 Å². The van der Waals surface area contributed by atoms with Gasteiger partial charge in [0.15, 0.2) is 0 Å². The van der Waals surface area contributed by atoms with Gasteiger partial charge in [0.05, 0.1) is 0 Å². The molecule has 1 aliphatic carbocycles. The van der Waals surface area contributed by atoms with Crippen molar-refractivity contribution in [3.8, 4) is 0 Å². The van der Waals surface area contributed by atoms with E-state index < -0.39 is 0 Å². The molecule has 2 nitrogen and oxygen atoms in total. The summed E-state index contributed by atoms with van der Waals surface area (Å²) in [4.78, 5) is 4.11. The van der Waals surface area contributed by atoms with E-state index in [9.17, 15) is 0 Å². The van der Waals surface area contributed by atoms with Gasteiger partial charge in [-0.1, -0.05) is 31.4 Å². The highest BCUT2D eigenvalue weighted by molar-refractivity contribution is 7.98. The van der Waals surface area contributed by atoms with Crippen LogP contribution in [0.5, 0.6) is 0 Å². The number of nitrogens with one attached hydrogen (secondary N) is 1. The summed E-state index contributed by atoms with van der Waals surface area (Å²) in [6, 6.07) is 10.0. The first kappa shape index (κ1) is 21.1. The van der Waals surface area contributed by atoms with Crippen LogP contribution in [0.3, 0.4) is 0 Å². The van der Waals surface area contributed by atoms with Crippen LogP contribution >= 0.6 is 36.6 Å². The summed E-state index contributed by atoms with van der Waals surface area (Å²) in [6.07, 6.45) is 9.28. The second-order valence-electron chi connectivity index (χ2n) is 6.40. The van der Waals surface area contributed by atoms with Crippen molar-refractivity contribution in [3.05, 3.63) is 29.8 Å². The Kier molecular flexibility index (Phi) is 9.95. The van der Waals surface area contributed by atoms with Crippen molar-refractivity contribution in [2.45, 2.75) is 43.0 Å². The van der Waals surface area contributed by atoms with Crippen LogP contribution in [-0.4, -0.2) is 37.3 Å². The van der Waals surface area contributed by atoms with Crippen molar-refractivity contribution in [1.29, 1.82) is 0 Å². The van der Waals surface area contributed by atoms with Crippen LogP contribution in [0.4, 0.5) is 0 Å². The lowest BCUT2D eigenvalue weighted by Gasteiger charge is -2.41. The standard InChI is InChI=1S/C18H28N2S.2ClH/c1-21-17-9-7-16(8-10-17)18(15-5-3-2-4-6-15)20-13-11-19-12-14-20;;/h7-10,15,18-19H,2-6,11-14H2,1H3;2*1H/t18-;;/m0../s1. The first-order valence-electron chi connectivity index (χ1n) is 8.47. The first-order valence-corrected chi connectivity index (χ1v) is 9.69. The van der Waals surface area contributed by atoms with Gasteiger partial charge in [0, 0.05) is 37.1 Å². The SMILES string of the molecule is CSc1ccc([C@H](C2CCCCC2)N2CCNCC2)cc1.Cl.Cl. The topological polar surface area (TPSA) is 15.3 Å². The molecule has 2 fully saturated rings. The Hall–Kier alpha value is 0.0700. The van der Waals surface area contributed by atoms with E-state index in [0.717, 1.165) is 19.0 Å². The third-order valence-electron chi connectivity index (χ3n) is 5.10. The molecule has 3 rings (SSSR count). The summed E-state index contributed by atoms with van der Waals surface area (Å²) in [7, 11) is 0. The molecule has 1 saturated carbocycles. The first-order chi connectivity index (χ1) is 10.4. The monoisotopic (exact) mass is 376 g/mol. The van der Waals surface area contributed by atoms with Gasteiger partial charge in [-0.25, -0.2) is 0 Å². The second-order valence-corrected chi connectivity index (χ2v) is 7.28. The van der Waals surface area contributed by atoms with Crippen LogP contribution in [0.2, 0.25) is 0 Å². The molecule has 0 bridgehead atoms. The highest BCUT2D eigenvalue weighted by Crippen LogP contribution is 2.38. The molecule has 0 aromatic heterocycles. The maximum atomic E-state index is 3.50. The molecule has 1 heterocycles. The highest BCUT2D eigenvalue weighted by atomic mass is 35.5. The van der Waals surface area contributed by atoms with Crippen LogP contribution < -0.4 is 5.32 Å². The van der Waals surface area contributed by atoms with Crippen LogP contribution in [0.25, 0.3) is 0 Å². The zero-order valence-corrected chi connectivity index (χ0v) is 16.4. The number of thioether (sulfide) groups is 1. The molecule has 132 valence electrons. The summed E-state index contributed by atoms with van der Waals surface area (Å²) < 4.78 is 0. The number of hydrogen-bond acceptors (Lipinski definition) is 3. The average Bonchev–Trinajstić information content (AvgIpc) is 2.58. The zero-order valence-electron chi connectivity index (χ0n) is 14.0. The molecule has 0 amide bonds. The predicted molar refractivity (Wildman–Crippen MR) is 106 cm³/mol. The molecule has 1 aromatic carbocycles. The molecule has 1 N–H and O–H groups in total. The molecule has 1 aliphatic heterocycles. The third kappa shape index (κ3) is 5.54. The molecule has 5 heteroatoms. The van der Waals surface area contributed by atoms with Crippen LogP contribution in [0, 0.1) is 5.92 Å². The van der Waals surface area contributed by atoms with E-state index in [1.807, 2.05) is 11.8 Å². The van der Waals surface area contributed by atoms with Gasteiger partial charge in [-0.3, -0.25) is 4.90 Å². The van der Waals surface area contributed by atoms with E-state index in [-0.39, 0.29) is 24.8 Å². The molecule has 1 atom stereocenters. The van der Waals surface area contributed by atoms with E-state index in [0.29, 0.717) is 6.04 Å². The minimum atomic E-state index is 0. The molecule has 0 radical (unpaired) electrons. The number of piperazine rings is 1. The fourth-order valence-electron chi connectivity index (χ4n) is 3.99. The molecular formula is C18H30Cl2N2S. The maximum absolute atomic E-state index is 3.50.